The Bertz CT molecular complexity index is 415. The number of nitrogens with one attached hydrogen (secondary N) is 1. The number of likely N-dealkylation sites (tertiary alicyclic amines) is 1. The Morgan fingerprint density at radius 1 is 1.37 bits per heavy atom. The van der Waals surface area contributed by atoms with Crippen LogP contribution in [0.4, 0.5) is 10.1 Å². The maximum atomic E-state index is 13.4. The van der Waals surface area contributed by atoms with E-state index in [1.165, 1.54) is 12.6 Å². The zero-order valence-electron chi connectivity index (χ0n) is 11.6. The van der Waals surface area contributed by atoms with Crippen molar-refractivity contribution in [1.82, 2.24) is 4.90 Å². The fourth-order valence-electron chi connectivity index (χ4n) is 2.60. The Morgan fingerprint density at radius 2 is 2.05 bits per heavy atom. The number of piperidine rings is 1. The molecule has 1 N–H and O–H groups in total. The van der Waals surface area contributed by atoms with E-state index in [-0.39, 0.29) is 10.8 Å². The summed E-state index contributed by atoms with van der Waals surface area (Å²) in [5.74, 6) is 0.360. The van der Waals surface area contributed by atoms with Crippen molar-refractivity contribution in [3.8, 4) is 0 Å². The van der Waals surface area contributed by atoms with Gasteiger partial charge >= 0.3 is 0 Å². The Hall–Kier alpha value is -0.800. The summed E-state index contributed by atoms with van der Waals surface area (Å²) < 4.78 is 13.4. The fraction of sp³-hybridized carbons (Fsp3) is 0.600. The highest BCUT2D eigenvalue weighted by Crippen LogP contribution is 2.21. The maximum Gasteiger partial charge on any atom is 0.143 e. The van der Waals surface area contributed by atoms with Crippen molar-refractivity contribution >= 4 is 17.3 Å². The van der Waals surface area contributed by atoms with Crippen molar-refractivity contribution in [3.63, 3.8) is 0 Å². The van der Waals surface area contributed by atoms with E-state index in [4.69, 9.17) is 11.6 Å². The van der Waals surface area contributed by atoms with Gasteiger partial charge in [-0.05, 0) is 37.0 Å². The van der Waals surface area contributed by atoms with Crippen LogP contribution in [0.3, 0.4) is 0 Å². The van der Waals surface area contributed by atoms with E-state index in [9.17, 15) is 4.39 Å². The summed E-state index contributed by atoms with van der Waals surface area (Å²) in [6.45, 7) is 7.90. The molecule has 0 aromatic heterocycles. The van der Waals surface area contributed by atoms with Gasteiger partial charge in [0.05, 0.1) is 5.02 Å². The maximum absolute atomic E-state index is 13.4. The molecule has 0 atom stereocenters. The average Bonchev–Trinajstić information content (AvgIpc) is 2.36. The van der Waals surface area contributed by atoms with E-state index < -0.39 is 0 Å². The number of rotatable bonds is 4. The number of hydrogen-bond acceptors (Lipinski definition) is 2. The molecule has 1 aromatic carbocycles. The Kier molecular flexibility index (Phi) is 5.06. The van der Waals surface area contributed by atoms with E-state index in [0.717, 1.165) is 37.5 Å². The highest BCUT2D eigenvalue weighted by Gasteiger charge is 2.19. The molecule has 0 amide bonds. The van der Waals surface area contributed by atoms with Crippen LogP contribution in [0, 0.1) is 11.7 Å². The molecule has 1 aliphatic rings. The number of hydrogen-bond donors (Lipinski definition) is 1. The van der Waals surface area contributed by atoms with Crippen LogP contribution in [-0.4, -0.2) is 30.6 Å². The minimum Gasteiger partial charge on any atom is -0.382 e. The van der Waals surface area contributed by atoms with Gasteiger partial charge in [-0.1, -0.05) is 25.4 Å². The SMILES string of the molecule is CC(C)CN1CCC(Nc2ccc(Cl)c(F)c2)CC1. The molecule has 19 heavy (non-hydrogen) atoms. The standard InChI is InChI=1S/C15H22ClFN2/c1-11(2)10-19-7-5-12(6-8-19)18-13-3-4-14(16)15(17)9-13/h3-4,9,11-12,18H,5-8,10H2,1-2H3. The Morgan fingerprint density at radius 3 is 2.63 bits per heavy atom. The van der Waals surface area contributed by atoms with Gasteiger partial charge in [0.15, 0.2) is 0 Å². The highest BCUT2D eigenvalue weighted by atomic mass is 35.5. The number of nitrogens with zero attached hydrogens (tertiary/aromatic N) is 1. The van der Waals surface area contributed by atoms with Gasteiger partial charge in [-0.25, -0.2) is 4.39 Å². The lowest BCUT2D eigenvalue weighted by Crippen LogP contribution is -2.40. The van der Waals surface area contributed by atoms with E-state index in [0.29, 0.717) is 6.04 Å². The summed E-state index contributed by atoms with van der Waals surface area (Å²) in [5.41, 5.74) is 0.823. The molecule has 1 heterocycles. The first-order chi connectivity index (χ1) is 9.04. The molecule has 106 valence electrons. The van der Waals surface area contributed by atoms with E-state index in [1.807, 2.05) is 6.07 Å². The van der Waals surface area contributed by atoms with Gasteiger partial charge < -0.3 is 10.2 Å². The molecule has 0 unspecified atom stereocenters. The zero-order valence-corrected chi connectivity index (χ0v) is 12.4. The first-order valence-corrected chi connectivity index (χ1v) is 7.36. The first kappa shape index (κ1) is 14.6. The fourth-order valence-corrected chi connectivity index (χ4v) is 2.72. The molecule has 0 radical (unpaired) electrons. The summed E-state index contributed by atoms with van der Waals surface area (Å²) in [4.78, 5) is 2.51. The first-order valence-electron chi connectivity index (χ1n) is 6.98. The average molecular weight is 285 g/mol. The minimum absolute atomic E-state index is 0.178. The number of halogens is 2. The summed E-state index contributed by atoms with van der Waals surface area (Å²) in [6, 6.07) is 5.35. The van der Waals surface area contributed by atoms with Gasteiger partial charge in [-0.2, -0.15) is 0 Å². The molecule has 1 fully saturated rings. The van der Waals surface area contributed by atoms with Gasteiger partial charge in [0.25, 0.3) is 0 Å². The van der Waals surface area contributed by atoms with Crippen molar-refractivity contribution < 1.29 is 4.39 Å². The largest absolute Gasteiger partial charge is 0.382 e. The molecule has 0 saturated carbocycles. The molecule has 0 spiro atoms. The van der Waals surface area contributed by atoms with Crippen LogP contribution in [0.25, 0.3) is 0 Å². The van der Waals surface area contributed by atoms with E-state index in [1.54, 1.807) is 6.07 Å². The van der Waals surface area contributed by atoms with E-state index >= 15 is 0 Å². The second-order valence-corrected chi connectivity index (χ2v) is 6.15. The van der Waals surface area contributed by atoms with Crippen molar-refractivity contribution in [3.05, 3.63) is 29.0 Å². The van der Waals surface area contributed by atoms with Gasteiger partial charge in [-0.15, -0.1) is 0 Å². The van der Waals surface area contributed by atoms with Crippen molar-refractivity contribution in [2.75, 3.05) is 25.0 Å². The Balaban J connectivity index is 1.83. The summed E-state index contributed by atoms with van der Waals surface area (Å²) >= 11 is 5.68. The van der Waals surface area contributed by atoms with Gasteiger partial charge in [0, 0.05) is 31.4 Å². The van der Waals surface area contributed by atoms with Crippen LogP contribution in [0.15, 0.2) is 18.2 Å². The topological polar surface area (TPSA) is 15.3 Å². The molecule has 1 aromatic rings. The second-order valence-electron chi connectivity index (χ2n) is 5.74. The van der Waals surface area contributed by atoms with Crippen LogP contribution in [-0.2, 0) is 0 Å². The van der Waals surface area contributed by atoms with Gasteiger partial charge in [0.2, 0.25) is 0 Å². The van der Waals surface area contributed by atoms with Crippen molar-refractivity contribution in [2.45, 2.75) is 32.7 Å². The molecule has 2 rings (SSSR count). The molecule has 0 aliphatic carbocycles. The van der Waals surface area contributed by atoms with Crippen LogP contribution < -0.4 is 5.32 Å². The Labute approximate surface area is 119 Å². The lowest BCUT2D eigenvalue weighted by atomic mass is 10.0. The normalized spacial score (nSPS) is 17.9. The van der Waals surface area contributed by atoms with Gasteiger partial charge in [-0.3, -0.25) is 0 Å². The van der Waals surface area contributed by atoms with Crippen LogP contribution in [0.5, 0.6) is 0 Å². The lowest BCUT2D eigenvalue weighted by molar-refractivity contribution is 0.198. The smallest absolute Gasteiger partial charge is 0.143 e. The molecule has 1 saturated heterocycles. The van der Waals surface area contributed by atoms with Crippen LogP contribution >= 0.6 is 11.6 Å². The van der Waals surface area contributed by atoms with E-state index in [2.05, 4.69) is 24.1 Å². The summed E-state index contributed by atoms with van der Waals surface area (Å²) in [5, 5.41) is 3.58. The minimum atomic E-state index is -0.357. The third-order valence-electron chi connectivity index (χ3n) is 3.50. The molecular formula is C15H22ClFN2. The monoisotopic (exact) mass is 284 g/mol. The lowest BCUT2D eigenvalue weighted by Gasteiger charge is -2.33. The van der Waals surface area contributed by atoms with Crippen LogP contribution in [0.1, 0.15) is 26.7 Å². The van der Waals surface area contributed by atoms with Crippen molar-refractivity contribution in [2.24, 2.45) is 5.92 Å². The third kappa shape index (κ3) is 4.36. The van der Waals surface area contributed by atoms with Gasteiger partial charge in [0.1, 0.15) is 5.82 Å². The summed E-state index contributed by atoms with van der Waals surface area (Å²) in [7, 11) is 0. The molecule has 0 bridgehead atoms. The number of anilines is 1. The van der Waals surface area contributed by atoms with Crippen LogP contribution in [0.2, 0.25) is 5.02 Å². The molecule has 4 heteroatoms. The molecule has 2 nitrogen and oxygen atoms in total. The third-order valence-corrected chi connectivity index (χ3v) is 3.81. The molecule has 1 aliphatic heterocycles. The predicted octanol–water partition coefficient (Wildman–Crippen LogP) is 4.01. The summed E-state index contributed by atoms with van der Waals surface area (Å²) in [6.07, 6.45) is 2.22. The second kappa shape index (κ2) is 6.58. The quantitative estimate of drug-likeness (QED) is 0.899. The predicted molar refractivity (Wildman–Crippen MR) is 79.3 cm³/mol. The number of benzene rings is 1. The van der Waals surface area contributed by atoms with Crippen molar-refractivity contribution in [1.29, 1.82) is 0 Å². The zero-order chi connectivity index (χ0) is 13.8. The molecular weight excluding hydrogens is 263 g/mol. The highest BCUT2D eigenvalue weighted by molar-refractivity contribution is 6.30.